The summed E-state index contributed by atoms with van der Waals surface area (Å²) in [5, 5.41) is 3.63. The number of carbonyl (C=O) groups excluding carboxylic acids is 2. The molecular formula is C18H19N3O4S. The van der Waals surface area contributed by atoms with Crippen LogP contribution in [0.2, 0.25) is 0 Å². The van der Waals surface area contributed by atoms with Crippen LogP contribution in [0.5, 0.6) is 0 Å². The number of hydrogen-bond acceptors (Lipinski definition) is 5. The molecule has 1 aromatic carbocycles. The van der Waals surface area contributed by atoms with Gasteiger partial charge in [0.25, 0.3) is 0 Å². The van der Waals surface area contributed by atoms with Gasteiger partial charge in [-0.3, -0.25) is 14.6 Å². The van der Waals surface area contributed by atoms with E-state index in [1.807, 2.05) is 0 Å². The molecule has 7 nitrogen and oxygen atoms in total. The van der Waals surface area contributed by atoms with Crippen LogP contribution >= 0.6 is 0 Å². The molecule has 26 heavy (non-hydrogen) atoms. The average Bonchev–Trinajstić information content (AvgIpc) is 2.67. The minimum absolute atomic E-state index is 0.124. The first-order valence-electron chi connectivity index (χ1n) is 7.82. The highest BCUT2D eigenvalue weighted by molar-refractivity contribution is 7.91. The number of pyridine rings is 1. The summed E-state index contributed by atoms with van der Waals surface area (Å²) in [5.74, 6) is -1.77. The number of carbonyl (C=O) groups is 2. The van der Waals surface area contributed by atoms with Crippen molar-refractivity contribution >= 4 is 21.7 Å². The lowest BCUT2D eigenvalue weighted by Crippen LogP contribution is -2.42. The van der Waals surface area contributed by atoms with Crippen molar-refractivity contribution in [1.29, 1.82) is 0 Å². The van der Waals surface area contributed by atoms with Crippen LogP contribution in [0.15, 0.2) is 72.4 Å². The van der Waals surface area contributed by atoms with Crippen LogP contribution < -0.4 is 10.6 Å². The normalized spacial score (nSPS) is 12.0. The van der Waals surface area contributed by atoms with Crippen LogP contribution in [0, 0.1) is 0 Å². The molecule has 1 atom stereocenters. The number of hydrogen-bond donors (Lipinski definition) is 2. The molecule has 0 unspecified atom stereocenters. The van der Waals surface area contributed by atoms with Crippen LogP contribution in [-0.4, -0.2) is 38.3 Å². The molecule has 2 amide bonds. The molecule has 136 valence electrons. The van der Waals surface area contributed by atoms with E-state index in [4.69, 9.17) is 0 Å². The Morgan fingerprint density at radius 1 is 1.08 bits per heavy atom. The third kappa shape index (κ3) is 4.76. The van der Waals surface area contributed by atoms with E-state index in [0.717, 1.165) is 0 Å². The molecule has 1 heterocycles. The standard InChI is InChI=1S/C18H19N3O4S/c1-2-10-20-17(22)18(23)21-13-16(14-7-6-11-19-12-14)26(24,25)15-8-4-3-5-9-15/h2-9,11-12,16H,1,10,13H2,(H,20,22)(H,21,23)/t16-/m0/s1. The van der Waals surface area contributed by atoms with Gasteiger partial charge in [0.2, 0.25) is 0 Å². The van der Waals surface area contributed by atoms with Gasteiger partial charge in [-0.15, -0.1) is 6.58 Å². The number of benzene rings is 1. The van der Waals surface area contributed by atoms with Crippen molar-refractivity contribution in [1.82, 2.24) is 15.6 Å². The molecule has 0 saturated carbocycles. The summed E-state index contributed by atoms with van der Waals surface area (Å²) in [5.41, 5.74) is 0.420. The molecule has 0 fully saturated rings. The highest BCUT2D eigenvalue weighted by Crippen LogP contribution is 2.27. The van der Waals surface area contributed by atoms with Crippen LogP contribution in [-0.2, 0) is 19.4 Å². The summed E-state index contributed by atoms with van der Waals surface area (Å²) in [6.45, 7) is 3.32. The molecule has 2 N–H and O–H groups in total. The smallest absolute Gasteiger partial charge is 0.309 e. The van der Waals surface area contributed by atoms with Gasteiger partial charge in [0, 0.05) is 25.5 Å². The summed E-state index contributed by atoms with van der Waals surface area (Å²) in [6, 6.07) is 11.1. The Bertz CT molecular complexity index is 868. The van der Waals surface area contributed by atoms with Crippen LogP contribution in [0.3, 0.4) is 0 Å². The summed E-state index contributed by atoms with van der Waals surface area (Å²) in [6.07, 6.45) is 4.38. The van der Waals surface area contributed by atoms with Crippen molar-refractivity contribution < 1.29 is 18.0 Å². The summed E-state index contributed by atoms with van der Waals surface area (Å²) >= 11 is 0. The molecule has 0 spiro atoms. The Morgan fingerprint density at radius 3 is 2.38 bits per heavy atom. The van der Waals surface area contributed by atoms with Gasteiger partial charge in [-0.1, -0.05) is 30.3 Å². The molecule has 0 saturated heterocycles. The Kier molecular flexibility index (Phi) is 6.62. The van der Waals surface area contributed by atoms with Crippen molar-refractivity contribution in [3.8, 4) is 0 Å². The maximum atomic E-state index is 13.0. The average molecular weight is 373 g/mol. The number of aromatic nitrogens is 1. The lowest BCUT2D eigenvalue weighted by molar-refractivity contribution is -0.139. The Hall–Kier alpha value is -3.00. The highest BCUT2D eigenvalue weighted by Gasteiger charge is 2.30. The molecule has 1 aromatic heterocycles. The number of amides is 2. The van der Waals surface area contributed by atoms with E-state index in [0.29, 0.717) is 5.56 Å². The van der Waals surface area contributed by atoms with E-state index >= 15 is 0 Å². The summed E-state index contributed by atoms with van der Waals surface area (Å²) < 4.78 is 26.0. The largest absolute Gasteiger partial charge is 0.346 e. The second-order valence-corrected chi connectivity index (χ2v) is 7.47. The quantitative estimate of drug-likeness (QED) is 0.557. The predicted molar refractivity (Wildman–Crippen MR) is 96.8 cm³/mol. The van der Waals surface area contributed by atoms with Crippen molar-refractivity contribution in [2.75, 3.05) is 13.1 Å². The molecule has 2 rings (SSSR count). The Balaban J connectivity index is 2.25. The van der Waals surface area contributed by atoms with Crippen LogP contribution in [0.25, 0.3) is 0 Å². The fourth-order valence-corrected chi connectivity index (χ4v) is 3.92. The SMILES string of the molecule is C=CCNC(=O)C(=O)NC[C@@H](c1cccnc1)S(=O)(=O)c1ccccc1. The number of nitrogens with one attached hydrogen (secondary N) is 2. The van der Waals surface area contributed by atoms with Crippen LogP contribution in [0.4, 0.5) is 0 Å². The van der Waals surface area contributed by atoms with Gasteiger partial charge in [0.1, 0.15) is 5.25 Å². The van der Waals surface area contributed by atoms with Crippen molar-refractivity contribution in [3.63, 3.8) is 0 Å². The second kappa shape index (κ2) is 8.91. The van der Waals surface area contributed by atoms with E-state index in [9.17, 15) is 18.0 Å². The molecule has 8 heteroatoms. The zero-order valence-corrected chi connectivity index (χ0v) is 14.8. The lowest BCUT2D eigenvalue weighted by Gasteiger charge is -2.18. The van der Waals surface area contributed by atoms with E-state index in [2.05, 4.69) is 22.2 Å². The van der Waals surface area contributed by atoms with Gasteiger partial charge in [0.15, 0.2) is 9.84 Å². The number of rotatable bonds is 7. The number of sulfone groups is 1. The first-order valence-corrected chi connectivity index (χ1v) is 9.37. The first-order chi connectivity index (χ1) is 12.5. The number of nitrogens with zero attached hydrogens (tertiary/aromatic N) is 1. The zero-order chi connectivity index (χ0) is 19.0. The van der Waals surface area contributed by atoms with E-state index in [1.165, 1.54) is 30.6 Å². The molecule has 0 aliphatic carbocycles. The van der Waals surface area contributed by atoms with Gasteiger partial charge >= 0.3 is 11.8 Å². The topological polar surface area (TPSA) is 105 Å². The zero-order valence-electron chi connectivity index (χ0n) is 14.0. The van der Waals surface area contributed by atoms with Gasteiger partial charge in [0.05, 0.1) is 4.90 Å². The van der Waals surface area contributed by atoms with E-state index in [-0.39, 0.29) is 18.0 Å². The molecular weight excluding hydrogens is 354 g/mol. The van der Waals surface area contributed by atoms with Gasteiger partial charge in [-0.2, -0.15) is 0 Å². The monoisotopic (exact) mass is 373 g/mol. The summed E-state index contributed by atoms with van der Waals surface area (Å²) in [7, 11) is -3.80. The van der Waals surface area contributed by atoms with Crippen molar-refractivity contribution in [3.05, 3.63) is 73.1 Å². The highest BCUT2D eigenvalue weighted by atomic mass is 32.2. The second-order valence-electron chi connectivity index (χ2n) is 5.34. The maximum absolute atomic E-state index is 13.0. The maximum Gasteiger partial charge on any atom is 0.309 e. The van der Waals surface area contributed by atoms with Gasteiger partial charge in [-0.25, -0.2) is 8.42 Å². The third-order valence-corrected chi connectivity index (χ3v) is 5.68. The lowest BCUT2D eigenvalue weighted by atomic mass is 10.2. The van der Waals surface area contributed by atoms with Crippen molar-refractivity contribution in [2.24, 2.45) is 0 Å². The van der Waals surface area contributed by atoms with Gasteiger partial charge < -0.3 is 10.6 Å². The van der Waals surface area contributed by atoms with Crippen molar-refractivity contribution in [2.45, 2.75) is 10.1 Å². The fourth-order valence-electron chi connectivity index (χ4n) is 2.26. The third-order valence-electron chi connectivity index (χ3n) is 3.56. The Labute approximate surface area is 152 Å². The van der Waals surface area contributed by atoms with E-state index in [1.54, 1.807) is 30.3 Å². The van der Waals surface area contributed by atoms with E-state index < -0.39 is 26.9 Å². The molecule has 0 aliphatic rings. The minimum Gasteiger partial charge on any atom is -0.346 e. The molecule has 2 aromatic rings. The fraction of sp³-hybridized carbons (Fsp3) is 0.167. The summed E-state index contributed by atoms with van der Waals surface area (Å²) in [4.78, 5) is 27.6. The molecule has 0 bridgehead atoms. The Morgan fingerprint density at radius 2 is 1.77 bits per heavy atom. The van der Waals surface area contributed by atoms with Crippen LogP contribution in [0.1, 0.15) is 10.8 Å². The predicted octanol–water partition coefficient (Wildman–Crippen LogP) is 1.01. The van der Waals surface area contributed by atoms with Gasteiger partial charge in [-0.05, 0) is 23.8 Å². The minimum atomic E-state index is -3.80. The first kappa shape index (κ1) is 19.3. The molecule has 0 radical (unpaired) electrons. The molecule has 0 aliphatic heterocycles.